The number of ether oxygens (including phenoxy) is 2. The third-order valence-corrected chi connectivity index (χ3v) is 3.93. The highest BCUT2D eigenvalue weighted by molar-refractivity contribution is 5.26. The zero-order chi connectivity index (χ0) is 13.5. The van der Waals surface area contributed by atoms with E-state index in [2.05, 4.69) is 19.1 Å². The van der Waals surface area contributed by atoms with Crippen LogP contribution in [0.2, 0.25) is 0 Å². The Hall–Kier alpha value is -1.02. The van der Waals surface area contributed by atoms with Crippen LogP contribution in [-0.2, 0) is 4.74 Å². The Kier molecular flexibility index (Phi) is 5.71. The van der Waals surface area contributed by atoms with E-state index >= 15 is 0 Å². The summed E-state index contributed by atoms with van der Waals surface area (Å²) >= 11 is 0. The van der Waals surface area contributed by atoms with E-state index in [1.54, 1.807) is 0 Å². The Balaban J connectivity index is 1.63. The lowest BCUT2D eigenvalue weighted by Gasteiger charge is -2.22. The number of rotatable bonds is 6. The summed E-state index contributed by atoms with van der Waals surface area (Å²) in [6.45, 7) is 4.87. The second-order valence-corrected chi connectivity index (χ2v) is 5.66. The highest BCUT2D eigenvalue weighted by atomic mass is 16.7. The van der Waals surface area contributed by atoms with E-state index in [-0.39, 0.29) is 6.29 Å². The molecule has 0 radical (unpaired) electrons. The lowest BCUT2D eigenvalue weighted by atomic mass is 9.87. The average molecular weight is 262 g/mol. The molecule has 0 amide bonds. The van der Waals surface area contributed by atoms with E-state index in [0.29, 0.717) is 0 Å². The van der Waals surface area contributed by atoms with Crippen molar-refractivity contribution in [2.24, 2.45) is 5.92 Å². The molecule has 1 unspecified atom stereocenters. The van der Waals surface area contributed by atoms with Gasteiger partial charge in [0.1, 0.15) is 5.75 Å². The molecule has 1 aliphatic rings. The standard InChI is InChI=1S/C17H26O2/c1-14-8-10-17(11-9-14)19-15(2)18-13-12-16-6-4-3-5-7-16/h8-11,15-16H,3-7,12-13H2,1-2H3. The molecule has 0 aromatic heterocycles. The predicted molar refractivity (Wildman–Crippen MR) is 78.4 cm³/mol. The minimum Gasteiger partial charge on any atom is -0.465 e. The van der Waals surface area contributed by atoms with Gasteiger partial charge in [-0.1, -0.05) is 49.8 Å². The van der Waals surface area contributed by atoms with Gasteiger partial charge in [-0.3, -0.25) is 0 Å². The van der Waals surface area contributed by atoms with E-state index < -0.39 is 0 Å². The molecule has 0 aliphatic heterocycles. The Morgan fingerprint density at radius 3 is 2.47 bits per heavy atom. The molecule has 0 saturated heterocycles. The molecule has 2 nitrogen and oxygen atoms in total. The highest BCUT2D eigenvalue weighted by Crippen LogP contribution is 2.26. The number of hydrogen-bond donors (Lipinski definition) is 0. The van der Waals surface area contributed by atoms with Gasteiger partial charge in [0.25, 0.3) is 0 Å². The fourth-order valence-corrected chi connectivity index (χ4v) is 2.72. The second kappa shape index (κ2) is 7.54. The fraction of sp³-hybridized carbons (Fsp3) is 0.647. The summed E-state index contributed by atoms with van der Waals surface area (Å²) in [5.74, 6) is 1.76. The van der Waals surface area contributed by atoms with E-state index in [9.17, 15) is 0 Å². The van der Waals surface area contributed by atoms with Crippen LogP contribution in [0.5, 0.6) is 5.75 Å². The van der Waals surface area contributed by atoms with E-state index in [1.807, 2.05) is 19.1 Å². The predicted octanol–water partition coefficient (Wildman–Crippen LogP) is 4.71. The monoisotopic (exact) mass is 262 g/mol. The molecule has 106 valence electrons. The van der Waals surface area contributed by atoms with Gasteiger partial charge in [0.15, 0.2) is 6.29 Å². The van der Waals surface area contributed by atoms with Crippen molar-refractivity contribution in [3.8, 4) is 5.75 Å². The molecule has 1 saturated carbocycles. The van der Waals surface area contributed by atoms with E-state index in [0.717, 1.165) is 18.3 Å². The van der Waals surface area contributed by atoms with Crippen LogP contribution >= 0.6 is 0 Å². The van der Waals surface area contributed by atoms with Crippen molar-refractivity contribution in [1.29, 1.82) is 0 Å². The molecule has 1 fully saturated rings. The SMILES string of the molecule is Cc1ccc(OC(C)OCCC2CCCCC2)cc1. The van der Waals surface area contributed by atoms with Gasteiger partial charge in [-0.15, -0.1) is 0 Å². The summed E-state index contributed by atoms with van der Waals surface area (Å²) in [5.41, 5.74) is 1.25. The van der Waals surface area contributed by atoms with Gasteiger partial charge in [0.2, 0.25) is 0 Å². The van der Waals surface area contributed by atoms with Crippen LogP contribution in [0.3, 0.4) is 0 Å². The van der Waals surface area contributed by atoms with Gasteiger partial charge in [0.05, 0.1) is 6.61 Å². The maximum absolute atomic E-state index is 5.76. The van der Waals surface area contributed by atoms with Crippen LogP contribution in [-0.4, -0.2) is 12.9 Å². The van der Waals surface area contributed by atoms with Crippen LogP contribution in [0, 0.1) is 12.8 Å². The summed E-state index contributed by atoms with van der Waals surface area (Å²) < 4.78 is 11.5. The minimum absolute atomic E-state index is 0.161. The van der Waals surface area contributed by atoms with Gasteiger partial charge in [0, 0.05) is 0 Å². The lowest BCUT2D eigenvalue weighted by molar-refractivity contribution is -0.0711. The molecular formula is C17H26O2. The van der Waals surface area contributed by atoms with Crippen LogP contribution in [0.4, 0.5) is 0 Å². The minimum atomic E-state index is -0.161. The largest absolute Gasteiger partial charge is 0.465 e. The summed E-state index contributed by atoms with van der Waals surface area (Å²) in [4.78, 5) is 0. The summed E-state index contributed by atoms with van der Waals surface area (Å²) in [6, 6.07) is 8.11. The zero-order valence-electron chi connectivity index (χ0n) is 12.2. The first-order valence-corrected chi connectivity index (χ1v) is 7.59. The summed E-state index contributed by atoms with van der Waals surface area (Å²) in [7, 11) is 0. The quantitative estimate of drug-likeness (QED) is 0.691. The molecule has 1 atom stereocenters. The smallest absolute Gasteiger partial charge is 0.196 e. The van der Waals surface area contributed by atoms with Crippen LogP contribution < -0.4 is 4.74 Å². The lowest BCUT2D eigenvalue weighted by Crippen LogP contribution is -2.19. The number of aryl methyl sites for hydroxylation is 1. The van der Waals surface area contributed by atoms with Crippen molar-refractivity contribution < 1.29 is 9.47 Å². The first-order valence-electron chi connectivity index (χ1n) is 7.59. The van der Waals surface area contributed by atoms with Crippen molar-refractivity contribution in [3.05, 3.63) is 29.8 Å². The molecular weight excluding hydrogens is 236 g/mol. The summed E-state index contributed by atoms with van der Waals surface area (Å²) in [6.07, 6.45) is 8.02. The molecule has 1 aromatic rings. The third-order valence-electron chi connectivity index (χ3n) is 3.93. The van der Waals surface area contributed by atoms with Gasteiger partial charge >= 0.3 is 0 Å². The van der Waals surface area contributed by atoms with Gasteiger partial charge < -0.3 is 9.47 Å². The molecule has 0 spiro atoms. The van der Waals surface area contributed by atoms with Crippen molar-refractivity contribution in [2.75, 3.05) is 6.61 Å². The first kappa shape index (κ1) is 14.4. The van der Waals surface area contributed by atoms with Crippen LogP contribution in [0.1, 0.15) is 51.0 Å². The molecule has 0 N–H and O–H groups in total. The molecule has 19 heavy (non-hydrogen) atoms. The molecule has 0 heterocycles. The van der Waals surface area contributed by atoms with Crippen LogP contribution in [0.15, 0.2) is 24.3 Å². The van der Waals surface area contributed by atoms with Crippen molar-refractivity contribution >= 4 is 0 Å². The average Bonchev–Trinajstić information content (AvgIpc) is 2.43. The Labute approximate surface area is 117 Å². The van der Waals surface area contributed by atoms with Gasteiger partial charge in [-0.25, -0.2) is 0 Å². The maximum atomic E-state index is 5.76. The Bertz CT molecular complexity index is 352. The third kappa shape index (κ3) is 5.23. The van der Waals surface area contributed by atoms with Crippen molar-refractivity contribution in [2.45, 2.75) is 58.7 Å². The Morgan fingerprint density at radius 2 is 1.79 bits per heavy atom. The Morgan fingerprint density at radius 1 is 1.11 bits per heavy atom. The second-order valence-electron chi connectivity index (χ2n) is 5.66. The molecule has 0 bridgehead atoms. The molecule has 1 aliphatic carbocycles. The first-order chi connectivity index (χ1) is 9.24. The molecule has 2 rings (SSSR count). The van der Waals surface area contributed by atoms with Crippen molar-refractivity contribution in [1.82, 2.24) is 0 Å². The van der Waals surface area contributed by atoms with Crippen molar-refractivity contribution in [3.63, 3.8) is 0 Å². The maximum Gasteiger partial charge on any atom is 0.196 e. The zero-order valence-corrected chi connectivity index (χ0v) is 12.2. The highest BCUT2D eigenvalue weighted by Gasteiger charge is 2.13. The molecule has 2 heteroatoms. The summed E-state index contributed by atoms with van der Waals surface area (Å²) in [5, 5.41) is 0. The normalized spacial score (nSPS) is 18.2. The van der Waals surface area contributed by atoms with Crippen LogP contribution in [0.25, 0.3) is 0 Å². The number of benzene rings is 1. The number of hydrogen-bond acceptors (Lipinski definition) is 2. The van der Waals surface area contributed by atoms with Gasteiger partial charge in [-0.2, -0.15) is 0 Å². The molecule has 1 aromatic carbocycles. The van der Waals surface area contributed by atoms with E-state index in [4.69, 9.17) is 9.47 Å². The topological polar surface area (TPSA) is 18.5 Å². The van der Waals surface area contributed by atoms with E-state index in [1.165, 1.54) is 44.1 Å². The van der Waals surface area contributed by atoms with Gasteiger partial charge in [-0.05, 0) is 38.3 Å². The fourth-order valence-electron chi connectivity index (χ4n) is 2.72.